The molecule has 0 aliphatic carbocycles. The standard InChI is InChI=1S/C3H5NO.C2H3N3/c2*1-2-4-5-3-1/h2H,1,3H2;1-2H,(H,3,4,5). The summed E-state index contributed by atoms with van der Waals surface area (Å²) in [6.07, 6.45) is 5.99. The van der Waals surface area contributed by atoms with Gasteiger partial charge < -0.3 is 4.84 Å². The van der Waals surface area contributed by atoms with Crippen LogP contribution in [0.5, 0.6) is 0 Å². The Kier molecular flexibility index (Phi) is 3.02. The molecule has 1 aromatic heterocycles. The van der Waals surface area contributed by atoms with E-state index in [0.717, 1.165) is 13.0 Å². The molecule has 1 aliphatic heterocycles. The van der Waals surface area contributed by atoms with Crippen LogP contribution in [0.2, 0.25) is 0 Å². The Balaban J connectivity index is 0.0000001000. The highest BCUT2D eigenvalue weighted by atomic mass is 16.6. The molecule has 0 unspecified atom stereocenters. The lowest BCUT2D eigenvalue weighted by Gasteiger charge is -1.76. The van der Waals surface area contributed by atoms with E-state index in [1.165, 1.54) is 0 Å². The van der Waals surface area contributed by atoms with E-state index in [1.807, 2.05) is 0 Å². The zero-order valence-electron chi connectivity index (χ0n) is 5.40. The molecule has 2 rings (SSSR count). The molecule has 54 valence electrons. The number of nitrogens with one attached hydrogen (secondary N) is 1. The number of aromatic nitrogens is 3. The average Bonchev–Trinajstić information content (AvgIpc) is 2.67. The van der Waals surface area contributed by atoms with Gasteiger partial charge >= 0.3 is 0 Å². The van der Waals surface area contributed by atoms with Crippen LogP contribution in [-0.4, -0.2) is 28.2 Å². The minimum absolute atomic E-state index is 0.778. The van der Waals surface area contributed by atoms with Gasteiger partial charge in [-0.3, -0.25) is 5.10 Å². The van der Waals surface area contributed by atoms with Gasteiger partial charge in [0.15, 0.2) is 0 Å². The second-order valence-electron chi connectivity index (χ2n) is 1.57. The van der Waals surface area contributed by atoms with Crippen LogP contribution in [0.15, 0.2) is 17.5 Å². The van der Waals surface area contributed by atoms with E-state index >= 15 is 0 Å². The summed E-state index contributed by atoms with van der Waals surface area (Å²) in [4.78, 5) is 4.51. The van der Waals surface area contributed by atoms with Crippen molar-refractivity contribution in [2.45, 2.75) is 6.42 Å². The second kappa shape index (κ2) is 4.49. The zero-order valence-corrected chi connectivity index (χ0v) is 5.40. The Morgan fingerprint density at radius 2 is 2.50 bits per heavy atom. The third-order valence-electron chi connectivity index (χ3n) is 0.819. The first-order chi connectivity index (χ1) is 5.00. The van der Waals surface area contributed by atoms with Gasteiger partial charge in [-0.15, -0.1) is 5.10 Å². The lowest BCUT2D eigenvalue weighted by molar-refractivity contribution is 0.174. The quantitative estimate of drug-likeness (QED) is 0.559. The number of hydrogen-bond acceptors (Lipinski definition) is 4. The molecule has 2 heterocycles. The van der Waals surface area contributed by atoms with Gasteiger partial charge in [0.25, 0.3) is 0 Å². The molecule has 0 saturated carbocycles. The van der Waals surface area contributed by atoms with Gasteiger partial charge in [0, 0.05) is 18.8 Å². The molecule has 0 spiro atoms. The Morgan fingerprint density at radius 3 is 2.70 bits per heavy atom. The van der Waals surface area contributed by atoms with Gasteiger partial charge in [-0.25, -0.2) is 0 Å². The third-order valence-corrected chi connectivity index (χ3v) is 0.819. The van der Waals surface area contributed by atoms with Gasteiger partial charge in [-0.1, -0.05) is 10.4 Å². The molecule has 1 aromatic rings. The van der Waals surface area contributed by atoms with E-state index in [4.69, 9.17) is 0 Å². The minimum atomic E-state index is 0.778. The number of nitrogens with zero attached hydrogens (tertiary/aromatic N) is 3. The van der Waals surface area contributed by atoms with Crippen molar-refractivity contribution >= 4 is 6.21 Å². The van der Waals surface area contributed by atoms with Crippen LogP contribution in [-0.2, 0) is 4.84 Å². The van der Waals surface area contributed by atoms with Crippen molar-refractivity contribution in [3.8, 4) is 0 Å². The van der Waals surface area contributed by atoms with E-state index in [2.05, 4.69) is 25.4 Å². The number of rotatable bonds is 0. The first-order valence-electron chi connectivity index (χ1n) is 2.94. The van der Waals surface area contributed by atoms with Crippen LogP contribution in [0.1, 0.15) is 6.42 Å². The largest absolute Gasteiger partial charge is 0.396 e. The van der Waals surface area contributed by atoms with Crippen LogP contribution < -0.4 is 0 Å². The molecule has 0 fully saturated rings. The van der Waals surface area contributed by atoms with E-state index in [-0.39, 0.29) is 0 Å². The van der Waals surface area contributed by atoms with E-state index in [9.17, 15) is 0 Å². The zero-order chi connectivity index (χ0) is 7.07. The molecular weight excluding hydrogens is 132 g/mol. The van der Waals surface area contributed by atoms with Gasteiger partial charge in [-0.2, -0.15) is 0 Å². The summed E-state index contributed by atoms with van der Waals surface area (Å²) in [5.74, 6) is 0. The van der Waals surface area contributed by atoms with Crippen LogP contribution in [0.25, 0.3) is 0 Å². The summed E-state index contributed by atoms with van der Waals surface area (Å²) >= 11 is 0. The fourth-order valence-electron chi connectivity index (χ4n) is 0.430. The molecule has 0 saturated heterocycles. The molecule has 0 bridgehead atoms. The van der Waals surface area contributed by atoms with Gasteiger partial charge in [-0.05, 0) is 0 Å². The molecule has 5 heteroatoms. The molecule has 0 aromatic carbocycles. The predicted molar refractivity (Wildman–Crippen MR) is 35.4 cm³/mol. The first kappa shape index (κ1) is 6.73. The van der Waals surface area contributed by atoms with Crippen LogP contribution in [0, 0.1) is 0 Å². The molecule has 0 amide bonds. The van der Waals surface area contributed by atoms with Gasteiger partial charge in [0.1, 0.15) is 6.61 Å². The Morgan fingerprint density at radius 1 is 1.50 bits per heavy atom. The summed E-state index contributed by atoms with van der Waals surface area (Å²) in [6.45, 7) is 0.778. The summed E-state index contributed by atoms with van der Waals surface area (Å²) in [6, 6.07) is 0. The van der Waals surface area contributed by atoms with Crippen LogP contribution in [0.3, 0.4) is 0 Å². The predicted octanol–water partition coefficient (Wildman–Crippen LogP) is 0.197. The average molecular weight is 140 g/mol. The molecule has 5 nitrogen and oxygen atoms in total. The Hall–Kier alpha value is -1.39. The molecule has 0 radical (unpaired) electrons. The highest BCUT2D eigenvalue weighted by Gasteiger charge is 1.86. The van der Waals surface area contributed by atoms with Gasteiger partial charge in [0.2, 0.25) is 0 Å². The maximum absolute atomic E-state index is 4.51. The molecule has 0 atom stereocenters. The van der Waals surface area contributed by atoms with Crippen molar-refractivity contribution in [1.29, 1.82) is 0 Å². The lowest BCUT2D eigenvalue weighted by Crippen LogP contribution is -1.72. The second-order valence-corrected chi connectivity index (χ2v) is 1.57. The van der Waals surface area contributed by atoms with Crippen LogP contribution >= 0.6 is 0 Å². The van der Waals surface area contributed by atoms with E-state index in [1.54, 1.807) is 18.6 Å². The molecular formula is C5H8N4O. The molecule has 10 heavy (non-hydrogen) atoms. The maximum Gasteiger partial charge on any atom is 0.122 e. The monoisotopic (exact) mass is 140 g/mol. The van der Waals surface area contributed by atoms with Crippen molar-refractivity contribution in [2.24, 2.45) is 5.16 Å². The van der Waals surface area contributed by atoms with Crippen molar-refractivity contribution in [1.82, 2.24) is 15.4 Å². The summed E-state index contributed by atoms with van der Waals surface area (Å²) in [7, 11) is 0. The topological polar surface area (TPSA) is 63.2 Å². The van der Waals surface area contributed by atoms with E-state index in [0.29, 0.717) is 0 Å². The van der Waals surface area contributed by atoms with Crippen LogP contribution in [0.4, 0.5) is 0 Å². The van der Waals surface area contributed by atoms with Crippen molar-refractivity contribution < 1.29 is 4.84 Å². The summed E-state index contributed by atoms with van der Waals surface area (Å²) in [5.41, 5.74) is 0. The van der Waals surface area contributed by atoms with Crippen molar-refractivity contribution in [2.75, 3.05) is 6.61 Å². The fraction of sp³-hybridized carbons (Fsp3) is 0.400. The Bertz CT molecular complexity index is 149. The lowest BCUT2D eigenvalue weighted by atomic mass is 10.5. The van der Waals surface area contributed by atoms with Crippen molar-refractivity contribution in [3.05, 3.63) is 12.4 Å². The van der Waals surface area contributed by atoms with Crippen molar-refractivity contribution in [3.63, 3.8) is 0 Å². The maximum atomic E-state index is 4.51. The normalized spacial score (nSPS) is 13.6. The Labute approximate surface area is 58.1 Å². The first-order valence-corrected chi connectivity index (χ1v) is 2.94. The smallest absolute Gasteiger partial charge is 0.122 e. The highest BCUT2D eigenvalue weighted by molar-refractivity contribution is 5.57. The minimum Gasteiger partial charge on any atom is -0.396 e. The SMILES string of the molecule is C1=NOCC1.c1c[nH]nn1. The number of oxime groups is 1. The number of H-pyrrole nitrogens is 1. The van der Waals surface area contributed by atoms with E-state index < -0.39 is 0 Å². The fourth-order valence-corrected chi connectivity index (χ4v) is 0.430. The molecule has 1 N–H and O–H groups in total. The molecule has 1 aliphatic rings. The summed E-state index contributed by atoms with van der Waals surface area (Å²) in [5, 5.41) is 12.7. The third kappa shape index (κ3) is 2.81. The number of aromatic amines is 1. The highest BCUT2D eigenvalue weighted by Crippen LogP contribution is 1.86. The summed E-state index contributed by atoms with van der Waals surface area (Å²) < 4.78 is 0. The number of hydrogen-bond donors (Lipinski definition) is 1. The van der Waals surface area contributed by atoms with Gasteiger partial charge in [0.05, 0.1) is 6.20 Å².